The van der Waals surface area contributed by atoms with Crippen molar-refractivity contribution >= 4 is 0 Å². The molecule has 0 aliphatic rings. The average molecular weight is 287 g/mol. The minimum atomic E-state index is -0.205. The molecule has 0 aliphatic carbocycles. The second-order valence-electron chi connectivity index (χ2n) is 5.19. The summed E-state index contributed by atoms with van der Waals surface area (Å²) in [6, 6.07) is 14.7. The molecule has 2 nitrogen and oxygen atoms in total. The Kier molecular flexibility index (Phi) is 5.76. The molecule has 0 bridgehead atoms. The van der Waals surface area contributed by atoms with Crippen LogP contribution in [-0.4, -0.2) is 13.2 Å². The molecule has 0 heterocycles. The number of halogens is 1. The highest BCUT2D eigenvalue weighted by Crippen LogP contribution is 2.24. The van der Waals surface area contributed by atoms with Crippen molar-refractivity contribution in [2.75, 3.05) is 13.2 Å². The number of benzene rings is 2. The van der Waals surface area contributed by atoms with Gasteiger partial charge in [0.1, 0.15) is 11.6 Å². The fourth-order valence-corrected chi connectivity index (χ4v) is 2.36. The van der Waals surface area contributed by atoms with Crippen molar-refractivity contribution in [3.8, 4) is 5.75 Å². The summed E-state index contributed by atoms with van der Waals surface area (Å²) >= 11 is 0. The molecule has 1 atom stereocenters. The maximum absolute atomic E-state index is 13.3. The zero-order chi connectivity index (χ0) is 15.1. The first-order valence-corrected chi connectivity index (χ1v) is 7.40. The van der Waals surface area contributed by atoms with Gasteiger partial charge >= 0.3 is 0 Å². The summed E-state index contributed by atoms with van der Waals surface area (Å²) in [5.41, 5.74) is 8.00. The summed E-state index contributed by atoms with van der Waals surface area (Å²) in [5.74, 6) is 0.826. The van der Waals surface area contributed by atoms with Crippen molar-refractivity contribution in [2.45, 2.75) is 25.7 Å². The van der Waals surface area contributed by atoms with Crippen LogP contribution in [0.4, 0.5) is 4.39 Å². The largest absolute Gasteiger partial charge is 0.494 e. The summed E-state index contributed by atoms with van der Waals surface area (Å²) in [6.07, 6.45) is 1.71. The number of rotatable bonds is 7. The summed E-state index contributed by atoms with van der Waals surface area (Å²) < 4.78 is 18.9. The molecule has 3 heteroatoms. The van der Waals surface area contributed by atoms with Gasteiger partial charge < -0.3 is 10.5 Å². The van der Waals surface area contributed by atoms with Crippen LogP contribution in [-0.2, 0) is 6.42 Å². The predicted molar refractivity (Wildman–Crippen MR) is 84.1 cm³/mol. The van der Waals surface area contributed by atoms with Crippen LogP contribution in [0.3, 0.4) is 0 Å². The maximum atomic E-state index is 13.3. The predicted octanol–water partition coefficient (Wildman–Crippen LogP) is 3.90. The van der Waals surface area contributed by atoms with Crippen molar-refractivity contribution in [3.05, 3.63) is 65.5 Å². The Balaban J connectivity index is 2.13. The third-order valence-corrected chi connectivity index (χ3v) is 3.46. The summed E-state index contributed by atoms with van der Waals surface area (Å²) in [5, 5.41) is 0. The number of hydrogen-bond donors (Lipinski definition) is 1. The molecule has 0 saturated heterocycles. The van der Waals surface area contributed by atoms with Crippen LogP contribution in [0.15, 0.2) is 48.5 Å². The van der Waals surface area contributed by atoms with Crippen molar-refractivity contribution in [1.29, 1.82) is 0 Å². The molecule has 0 aliphatic heterocycles. The lowest BCUT2D eigenvalue weighted by Gasteiger charge is -2.16. The third-order valence-electron chi connectivity index (χ3n) is 3.46. The Labute approximate surface area is 125 Å². The van der Waals surface area contributed by atoms with Crippen molar-refractivity contribution < 1.29 is 9.13 Å². The van der Waals surface area contributed by atoms with Gasteiger partial charge in [-0.3, -0.25) is 0 Å². The molecule has 2 N–H and O–H groups in total. The average Bonchev–Trinajstić information content (AvgIpc) is 2.51. The van der Waals surface area contributed by atoms with Crippen LogP contribution in [0.1, 0.15) is 30.4 Å². The van der Waals surface area contributed by atoms with Gasteiger partial charge in [-0.05, 0) is 54.8 Å². The van der Waals surface area contributed by atoms with E-state index in [1.807, 2.05) is 24.3 Å². The second-order valence-corrected chi connectivity index (χ2v) is 5.19. The molecule has 0 radical (unpaired) electrons. The Hall–Kier alpha value is -1.87. The zero-order valence-electron chi connectivity index (χ0n) is 12.4. The minimum Gasteiger partial charge on any atom is -0.494 e. The maximum Gasteiger partial charge on any atom is 0.123 e. The van der Waals surface area contributed by atoms with Gasteiger partial charge in [0.15, 0.2) is 0 Å². The highest BCUT2D eigenvalue weighted by atomic mass is 19.1. The molecule has 2 rings (SSSR count). The standard InChI is InChI=1S/C18H22FNO/c1-2-9-21-18-8-4-6-15(12-18)16(13-20)10-14-5-3-7-17(19)11-14/h3-8,11-12,16H,2,9-10,13,20H2,1H3. The van der Waals surface area contributed by atoms with E-state index < -0.39 is 0 Å². The van der Waals surface area contributed by atoms with Crippen molar-refractivity contribution in [2.24, 2.45) is 5.73 Å². The van der Waals surface area contributed by atoms with Gasteiger partial charge in [-0.15, -0.1) is 0 Å². The van der Waals surface area contributed by atoms with Gasteiger partial charge in [-0.25, -0.2) is 4.39 Å². The van der Waals surface area contributed by atoms with E-state index >= 15 is 0 Å². The molecule has 0 saturated carbocycles. The van der Waals surface area contributed by atoms with Crippen LogP contribution in [0.25, 0.3) is 0 Å². The molecule has 0 fully saturated rings. The quantitative estimate of drug-likeness (QED) is 0.838. The van der Waals surface area contributed by atoms with Crippen molar-refractivity contribution in [3.63, 3.8) is 0 Å². The van der Waals surface area contributed by atoms with Gasteiger partial charge in [0.05, 0.1) is 6.61 Å². The van der Waals surface area contributed by atoms with E-state index in [1.165, 1.54) is 6.07 Å². The minimum absolute atomic E-state index is 0.164. The number of hydrogen-bond acceptors (Lipinski definition) is 2. The van der Waals surface area contributed by atoms with E-state index in [0.29, 0.717) is 13.2 Å². The molecule has 21 heavy (non-hydrogen) atoms. The summed E-state index contributed by atoms with van der Waals surface area (Å²) in [7, 11) is 0. The fourth-order valence-electron chi connectivity index (χ4n) is 2.36. The van der Waals surface area contributed by atoms with E-state index in [4.69, 9.17) is 10.5 Å². The topological polar surface area (TPSA) is 35.2 Å². The van der Waals surface area contributed by atoms with E-state index in [0.717, 1.165) is 29.7 Å². The molecule has 112 valence electrons. The Bertz CT molecular complexity index is 571. The van der Waals surface area contributed by atoms with E-state index in [9.17, 15) is 4.39 Å². The molecular formula is C18H22FNO. The van der Waals surface area contributed by atoms with Gasteiger partial charge in [0.2, 0.25) is 0 Å². The van der Waals surface area contributed by atoms with Gasteiger partial charge in [-0.2, -0.15) is 0 Å². The highest BCUT2D eigenvalue weighted by Gasteiger charge is 2.12. The molecule has 2 aromatic carbocycles. The first-order valence-electron chi connectivity index (χ1n) is 7.40. The van der Waals surface area contributed by atoms with Gasteiger partial charge in [-0.1, -0.05) is 31.2 Å². The summed E-state index contributed by atoms with van der Waals surface area (Å²) in [4.78, 5) is 0. The van der Waals surface area contributed by atoms with E-state index in [1.54, 1.807) is 12.1 Å². The number of nitrogens with two attached hydrogens (primary N) is 1. The summed E-state index contributed by atoms with van der Waals surface area (Å²) in [6.45, 7) is 3.31. The highest BCUT2D eigenvalue weighted by molar-refractivity contribution is 5.32. The van der Waals surface area contributed by atoms with E-state index in [-0.39, 0.29) is 11.7 Å². The van der Waals surface area contributed by atoms with Crippen LogP contribution in [0.2, 0.25) is 0 Å². The Morgan fingerprint density at radius 3 is 2.67 bits per heavy atom. The Morgan fingerprint density at radius 1 is 1.14 bits per heavy atom. The molecule has 2 aromatic rings. The smallest absolute Gasteiger partial charge is 0.123 e. The normalized spacial score (nSPS) is 12.1. The lowest BCUT2D eigenvalue weighted by Crippen LogP contribution is -2.15. The first kappa shape index (κ1) is 15.5. The lowest BCUT2D eigenvalue weighted by atomic mass is 9.92. The fraction of sp³-hybridized carbons (Fsp3) is 0.333. The van der Waals surface area contributed by atoms with Crippen molar-refractivity contribution in [1.82, 2.24) is 0 Å². The molecule has 0 aromatic heterocycles. The molecule has 0 spiro atoms. The SMILES string of the molecule is CCCOc1cccc(C(CN)Cc2cccc(F)c2)c1. The van der Waals surface area contributed by atoms with E-state index in [2.05, 4.69) is 13.0 Å². The third kappa shape index (κ3) is 4.57. The van der Waals surface area contributed by atoms with Crippen LogP contribution >= 0.6 is 0 Å². The Morgan fingerprint density at radius 2 is 1.95 bits per heavy atom. The van der Waals surface area contributed by atoms with Crippen LogP contribution in [0.5, 0.6) is 5.75 Å². The lowest BCUT2D eigenvalue weighted by molar-refractivity contribution is 0.317. The number of ether oxygens (including phenoxy) is 1. The van der Waals surface area contributed by atoms with Crippen LogP contribution < -0.4 is 10.5 Å². The molecular weight excluding hydrogens is 265 g/mol. The van der Waals surface area contributed by atoms with Gasteiger partial charge in [0.25, 0.3) is 0 Å². The molecule has 1 unspecified atom stereocenters. The second kappa shape index (κ2) is 7.79. The van der Waals surface area contributed by atoms with Crippen LogP contribution in [0, 0.1) is 5.82 Å². The first-order chi connectivity index (χ1) is 10.2. The molecule has 0 amide bonds. The van der Waals surface area contributed by atoms with Gasteiger partial charge in [0, 0.05) is 5.92 Å². The zero-order valence-corrected chi connectivity index (χ0v) is 12.4. The monoisotopic (exact) mass is 287 g/mol.